The smallest absolute Gasteiger partial charge is 0.263 e. The van der Waals surface area contributed by atoms with Crippen LogP contribution in [-0.2, 0) is 10.0 Å². The molecule has 0 aliphatic heterocycles. The number of thiocarbonyl (C=S) groups is 1. The van der Waals surface area contributed by atoms with Crippen molar-refractivity contribution in [2.75, 3.05) is 22.5 Å². The lowest BCUT2D eigenvalue weighted by Gasteiger charge is -2.13. The Morgan fingerprint density at radius 1 is 0.906 bits per heavy atom. The highest BCUT2D eigenvalue weighted by atomic mass is 32.2. The van der Waals surface area contributed by atoms with Crippen LogP contribution in [0.4, 0.5) is 17.2 Å². The fraction of sp³-hybridized carbons (Fsp3) is 0.0455. The maximum Gasteiger partial charge on any atom is 0.263 e. The van der Waals surface area contributed by atoms with Crippen molar-refractivity contribution in [3.63, 3.8) is 0 Å². The predicted molar refractivity (Wildman–Crippen MR) is 130 cm³/mol. The van der Waals surface area contributed by atoms with E-state index in [1.54, 1.807) is 31.4 Å². The maximum atomic E-state index is 12.7. The highest BCUT2D eigenvalue weighted by molar-refractivity contribution is 7.92. The molecule has 0 spiro atoms. The van der Waals surface area contributed by atoms with Crippen LogP contribution in [0.15, 0.2) is 83.9 Å². The Bertz CT molecular complexity index is 1380. The monoisotopic (exact) mass is 465 g/mol. The van der Waals surface area contributed by atoms with E-state index in [2.05, 4.69) is 25.3 Å². The molecule has 0 bridgehead atoms. The van der Waals surface area contributed by atoms with E-state index in [1.807, 2.05) is 36.4 Å². The van der Waals surface area contributed by atoms with Gasteiger partial charge in [0.1, 0.15) is 5.75 Å². The van der Waals surface area contributed by atoms with Crippen LogP contribution < -0.4 is 20.1 Å². The molecule has 0 aliphatic rings. The van der Waals surface area contributed by atoms with E-state index in [9.17, 15) is 8.42 Å². The van der Waals surface area contributed by atoms with Crippen molar-refractivity contribution in [3.05, 3.63) is 79.0 Å². The van der Waals surface area contributed by atoms with Crippen LogP contribution in [0.25, 0.3) is 11.0 Å². The van der Waals surface area contributed by atoms with E-state index in [-0.39, 0.29) is 10.7 Å². The maximum absolute atomic E-state index is 12.7. The lowest BCUT2D eigenvalue weighted by molar-refractivity contribution is 0.417. The van der Waals surface area contributed by atoms with Crippen molar-refractivity contribution >= 4 is 55.6 Å². The van der Waals surface area contributed by atoms with Gasteiger partial charge in [0.25, 0.3) is 10.0 Å². The minimum absolute atomic E-state index is 0.0848. The number of benzene rings is 3. The molecule has 0 fully saturated rings. The highest BCUT2D eigenvalue weighted by Gasteiger charge is 2.15. The minimum atomic E-state index is -3.83. The molecule has 0 saturated heterocycles. The predicted octanol–water partition coefficient (Wildman–Crippen LogP) is 4.25. The number of sulfonamides is 1. The largest absolute Gasteiger partial charge is 0.495 e. The third kappa shape index (κ3) is 4.93. The van der Waals surface area contributed by atoms with Crippen LogP contribution in [0.2, 0.25) is 0 Å². The zero-order chi connectivity index (χ0) is 22.6. The number of aromatic nitrogens is 2. The first-order chi connectivity index (χ1) is 15.4. The summed E-state index contributed by atoms with van der Waals surface area (Å²) in [6, 6.07) is 20.8. The molecular formula is C22H19N5O3S2. The molecule has 0 atom stereocenters. The lowest BCUT2D eigenvalue weighted by atomic mass is 10.3. The van der Waals surface area contributed by atoms with Crippen molar-refractivity contribution in [1.29, 1.82) is 0 Å². The Balaban J connectivity index is 1.44. The molecule has 162 valence electrons. The fourth-order valence-corrected chi connectivity index (χ4v) is 4.17. The molecule has 3 aromatic carbocycles. The number of hydrogen-bond acceptors (Lipinski definition) is 6. The van der Waals surface area contributed by atoms with Crippen molar-refractivity contribution in [3.8, 4) is 5.75 Å². The van der Waals surface area contributed by atoms with Gasteiger partial charge in [-0.3, -0.25) is 9.71 Å². The molecule has 0 unspecified atom stereocenters. The fourth-order valence-electron chi connectivity index (χ4n) is 2.95. The van der Waals surface area contributed by atoms with Gasteiger partial charge in [0.2, 0.25) is 0 Å². The molecule has 0 aliphatic carbocycles. The third-order valence-corrected chi connectivity index (χ3v) is 6.04. The van der Waals surface area contributed by atoms with E-state index in [1.165, 1.54) is 18.3 Å². The van der Waals surface area contributed by atoms with Gasteiger partial charge in [0, 0.05) is 5.69 Å². The van der Waals surface area contributed by atoms with Gasteiger partial charge >= 0.3 is 0 Å². The molecular weight excluding hydrogens is 446 g/mol. The molecule has 0 amide bonds. The van der Waals surface area contributed by atoms with E-state index >= 15 is 0 Å². The zero-order valence-corrected chi connectivity index (χ0v) is 18.6. The molecule has 0 radical (unpaired) electrons. The van der Waals surface area contributed by atoms with E-state index in [4.69, 9.17) is 17.0 Å². The summed E-state index contributed by atoms with van der Waals surface area (Å²) in [5.74, 6) is 0.800. The van der Waals surface area contributed by atoms with E-state index in [0.717, 1.165) is 0 Å². The Kier molecular flexibility index (Phi) is 6.15. The summed E-state index contributed by atoms with van der Waals surface area (Å²) in [5.41, 5.74) is 2.63. The van der Waals surface area contributed by atoms with Crippen molar-refractivity contribution in [2.45, 2.75) is 4.90 Å². The molecule has 4 aromatic rings. The summed E-state index contributed by atoms with van der Waals surface area (Å²) >= 11 is 5.33. The summed E-state index contributed by atoms with van der Waals surface area (Å²) in [6.45, 7) is 0. The average molecular weight is 466 g/mol. The van der Waals surface area contributed by atoms with E-state index in [0.29, 0.717) is 33.3 Å². The number of fused-ring (bicyclic) bond motifs is 1. The SMILES string of the molecule is COc1ccccc1NC(=S)Nc1ccc(S(=O)(=O)Nc2cnc3ccccc3n2)cc1. The number of rotatable bonds is 6. The zero-order valence-electron chi connectivity index (χ0n) is 16.9. The second-order valence-electron chi connectivity index (χ2n) is 6.65. The number of para-hydroxylation sites is 4. The highest BCUT2D eigenvalue weighted by Crippen LogP contribution is 2.24. The Hall–Kier alpha value is -3.76. The molecule has 10 heteroatoms. The number of nitrogens with one attached hydrogen (secondary N) is 3. The van der Waals surface area contributed by atoms with Gasteiger partial charge in [0.05, 0.1) is 34.9 Å². The topological polar surface area (TPSA) is 105 Å². The normalized spacial score (nSPS) is 11.0. The Morgan fingerprint density at radius 3 is 2.34 bits per heavy atom. The van der Waals surface area contributed by atoms with Crippen LogP contribution in [0.3, 0.4) is 0 Å². The summed E-state index contributed by atoms with van der Waals surface area (Å²) < 4.78 is 33.2. The number of methoxy groups -OCH3 is 1. The second kappa shape index (κ2) is 9.16. The quantitative estimate of drug-likeness (QED) is 0.363. The number of ether oxygens (including phenoxy) is 1. The van der Waals surface area contributed by atoms with Crippen LogP contribution in [-0.4, -0.2) is 30.6 Å². The summed E-state index contributed by atoms with van der Waals surface area (Å²) in [7, 11) is -2.25. The minimum Gasteiger partial charge on any atom is -0.495 e. The van der Waals surface area contributed by atoms with Gasteiger partial charge in [-0.1, -0.05) is 24.3 Å². The summed E-state index contributed by atoms with van der Waals surface area (Å²) in [6.07, 6.45) is 1.39. The molecule has 32 heavy (non-hydrogen) atoms. The lowest BCUT2D eigenvalue weighted by Crippen LogP contribution is -2.19. The van der Waals surface area contributed by atoms with Crippen molar-refractivity contribution in [2.24, 2.45) is 0 Å². The van der Waals surface area contributed by atoms with Gasteiger partial charge in [0.15, 0.2) is 10.9 Å². The van der Waals surface area contributed by atoms with E-state index < -0.39 is 10.0 Å². The Morgan fingerprint density at radius 2 is 1.59 bits per heavy atom. The summed E-state index contributed by atoms with van der Waals surface area (Å²) in [5, 5.41) is 6.41. The molecule has 0 saturated carbocycles. The summed E-state index contributed by atoms with van der Waals surface area (Å²) in [4.78, 5) is 8.60. The van der Waals surface area contributed by atoms with Crippen LogP contribution in [0.5, 0.6) is 5.75 Å². The number of hydrogen-bond donors (Lipinski definition) is 3. The van der Waals surface area contributed by atoms with Gasteiger partial charge in [-0.2, -0.15) is 0 Å². The van der Waals surface area contributed by atoms with Crippen molar-refractivity contribution in [1.82, 2.24) is 9.97 Å². The molecule has 1 heterocycles. The van der Waals surface area contributed by atoms with Crippen molar-refractivity contribution < 1.29 is 13.2 Å². The second-order valence-corrected chi connectivity index (χ2v) is 8.74. The first-order valence-electron chi connectivity index (χ1n) is 9.50. The number of anilines is 3. The first kappa shape index (κ1) is 21.5. The molecule has 3 N–H and O–H groups in total. The van der Waals surface area contributed by atoms with Crippen LogP contribution >= 0.6 is 12.2 Å². The van der Waals surface area contributed by atoms with Crippen LogP contribution in [0.1, 0.15) is 0 Å². The van der Waals surface area contributed by atoms with Crippen LogP contribution in [0, 0.1) is 0 Å². The standard InChI is InChI=1S/C22H19N5O3S2/c1-30-20-9-5-4-8-19(20)26-22(31)24-15-10-12-16(13-11-15)32(28,29)27-21-14-23-17-6-2-3-7-18(17)25-21/h2-14H,1H3,(H,25,27)(H2,24,26,31). The van der Waals surface area contributed by atoms with Gasteiger partial charge in [-0.05, 0) is 60.7 Å². The molecule has 1 aromatic heterocycles. The average Bonchev–Trinajstić information content (AvgIpc) is 2.79. The number of nitrogens with zero attached hydrogens (tertiary/aromatic N) is 2. The molecule has 4 rings (SSSR count). The van der Waals surface area contributed by atoms with Gasteiger partial charge < -0.3 is 15.4 Å². The van der Waals surface area contributed by atoms with Gasteiger partial charge in [-0.15, -0.1) is 0 Å². The third-order valence-electron chi connectivity index (χ3n) is 4.47. The van der Waals surface area contributed by atoms with Gasteiger partial charge in [-0.25, -0.2) is 13.4 Å². The first-order valence-corrected chi connectivity index (χ1v) is 11.4. The molecule has 8 nitrogen and oxygen atoms in total. The Labute approximate surface area is 190 Å².